The van der Waals surface area contributed by atoms with Crippen LogP contribution in [0.25, 0.3) is 0 Å². The number of guanidine groups is 1. The Labute approximate surface area is 181 Å². The van der Waals surface area contributed by atoms with Crippen LogP contribution in [0.5, 0.6) is 5.75 Å². The van der Waals surface area contributed by atoms with Gasteiger partial charge >= 0.3 is 0 Å². The Bertz CT molecular complexity index is 602. The second-order valence-corrected chi connectivity index (χ2v) is 7.14. The Morgan fingerprint density at radius 2 is 1.96 bits per heavy atom. The summed E-state index contributed by atoms with van der Waals surface area (Å²) in [5.41, 5.74) is 2.54. The highest BCUT2D eigenvalue weighted by Gasteiger charge is 2.34. The second kappa shape index (κ2) is 11.7. The average molecular weight is 490 g/mol. The third-order valence-corrected chi connectivity index (χ3v) is 5.36. The van der Waals surface area contributed by atoms with Crippen LogP contribution >= 0.6 is 24.0 Å². The lowest BCUT2D eigenvalue weighted by Gasteiger charge is -2.43. The summed E-state index contributed by atoms with van der Waals surface area (Å²) >= 11 is 0. The number of hydrogen-bond acceptors (Lipinski definition) is 4. The fourth-order valence-corrected chi connectivity index (χ4v) is 3.35. The van der Waals surface area contributed by atoms with Crippen molar-refractivity contribution >= 4 is 29.9 Å². The summed E-state index contributed by atoms with van der Waals surface area (Å²) in [6, 6.07) is 6.36. The lowest BCUT2D eigenvalue weighted by atomic mass is 9.88. The lowest BCUT2D eigenvalue weighted by Crippen LogP contribution is -2.57. The van der Waals surface area contributed by atoms with E-state index in [0.717, 1.165) is 62.8 Å². The summed E-state index contributed by atoms with van der Waals surface area (Å²) in [5, 5.41) is 6.91. The highest BCUT2D eigenvalue weighted by molar-refractivity contribution is 14.0. The molecule has 0 aliphatic carbocycles. The van der Waals surface area contributed by atoms with Gasteiger partial charge < -0.3 is 25.0 Å². The first kappa shape index (κ1) is 24.0. The van der Waals surface area contributed by atoms with Crippen LogP contribution < -0.4 is 15.4 Å². The van der Waals surface area contributed by atoms with Gasteiger partial charge in [0.1, 0.15) is 5.75 Å². The predicted octanol–water partition coefficient (Wildman–Crippen LogP) is 2.44. The van der Waals surface area contributed by atoms with E-state index in [1.807, 2.05) is 7.05 Å². The molecule has 2 N–H and O–H groups in total. The van der Waals surface area contributed by atoms with E-state index < -0.39 is 0 Å². The van der Waals surface area contributed by atoms with Gasteiger partial charge in [0.25, 0.3) is 0 Å². The van der Waals surface area contributed by atoms with Crippen LogP contribution in [0.15, 0.2) is 23.2 Å². The first-order valence-electron chi connectivity index (χ1n) is 9.34. The van der Waals surface area contributed by atoms with E-state index in [2.05, 4.69) is 59.7 Å². The molecule has 0 amide bonds. The summed E-state index contributed by atoms with van der Waals surface area (Å²) < 4.78 is 10.9. The van der Waals surface area contributed by atoms with Crippen molar-refractivity contribution < 1.29 is 9.47 Å². The van der Waals surface area contributed by atoms with E-state index in [1.165, 1.54) is 5.56 Å². The van der Waals surface area contributed by atoms with E-state index in [4.69, 9.17) is 9.47 Å². The smallest absolute Gasteiger partial charge is 0.191 e. The SMILES string of the molecule is CN=C(NCCc1ccc(C)c(OC)c1)NCC1(N(C)C)CCOCC1.I. The molecule has 0 radical (unpaired) electrons. The molecular weight excluding hydrogens is 455 g/mol. The van der Waals surface area contributed by atoms with E-state index in [0.29, 0.717) is 0 Å². The van der Waals surface area contributed by atoms with Crippen molar-refractivity contribution in [1.29, 1.82) is 0 Å². The number of methoxy groups -OCH3 is 1. The molecule has 6 nitrogen and oxygen atoms in total. The van der Waals surface area contributed by atoms with Gasteiger partial charge in [-0.3, -0.25) is 4.99 Å². The number of benzene rings is 1. The molecule has 0 aromatic heterocycles. The van der Waals surface area contributed by atoms with Crippen LogP contribution in [0, 0.1) is 6.92 Å². The van der Waals surface area contributed by atoms with Gasteiger partial charge in [-0.2, -0.15) is 0 Å². The molecule has 0 bridgehead atoms. The summed E-state index contributed by atoms with van der Waals surface area (Å²) in [5.74, 6) is 1.79. The maximum Gasteiger partial charge on any atom is 0.191 e. The zero-order chi connectivity index (χ0) is 19.0. The van der Waals surface area contributed by atoms with Gasteiger partial charge in [0.2, 0.25) is 0 Å². The van der Waals surface area contributed by atoms with Crippen molar-refractivity contribution in [1.82, 2.24) is 15.5 Å². The molecule has 0 saturated carbocycles. The number of aryl methyl sites for hydroxylation is 1. The third kappa shape index (κ3) is 6.80. The molecule has 1 heterocycles. The van der Waals surface area contributed by atoms with Crippen molar-refractivity contribution in [3.8, 4) is 5.75 Å². The van der Waals surface area contributed by atoms with Crippen molar-refractivity contribution in [2.45, 2.75) is 31.7 Å². The van der Waals surface area contributed by atoms with Gasteiger partial charge in [-0.15, -0.1) is 24.0 Å². The van der Waals surface area contributed by atoms with E-state index in [9.17, 15) is 0 Å². The van der Waals surface area contributed by atoms with Gasteiger partial charge in [0, 0.05) is 38.9 Å². The van der Waals surface area contributed by atoms with Gasteiger partial charge in [-0.05, 0) is 57.5 Å². The Hall–Kier alpha value is -1.06. The predicted molar refractivity (Wildman–Crippen MR) is 123 cm³/mol. The van der Waals surface area contributed by atoms with Crippen LogP contribution in [-0.4, -0.2) is 71.0 Å². The minimum Gasteiger partial charge on any atom is -0.496 e. The highest BCUT2D eigenvalue weighted by Crippen LogP contribution is 2.25. The molecule has 7 heteroatoms. The van der Waals surface area contributed by atoms with Crippen molar-refractivity contribution in [2.24, 2.45) is 4.99 Å². The quantitative estimate of drug-likeness (QED) is 0.350. The Balaban J connectivity index is 0.00000364. The van der Waals surface area contributed by atoms with Gasteiger partial charge in [0.15, 0.2) is 5.96 Å². The largest absolute Gasteiger partial charge is 0.496 e. The Morgan fingerprint density at radius 1 is 1.26 bits per heavy atom. The lowest BCUT2D eigenvalue weighted by molar-refractivity contribution is -0.00501. The standard InChI is InChI=1S/C20H34N4O2.HI/c1-16-6-7-17(14-18(16)25-5)8-11-22-19(21-2)23-15-20(24(3)4)9-12-26-13-10-20;/h6-7,14H,8-13,15H2,1-5H3,(H2,21,22,23);1H. The second-order valence-electron chi connectivity index (χ2n) is 7.14. The highest BCUT2D eigenvalue weighted by atomic mass is 127. The summed E-state index contributed by atoms with van der Waals surface area (Å²) in [7, 11) is 7.82. The summed E-state index contributed by atoms with van der Waals surface area (Å²) in [4.78, 5) is 6.68. The molecule has 1 fully saturated rings. The number of rotatable bonds is 7. The number of aliphatic imine (C=N–C) groups is 1. The van der Waals surface area contributed by atoms with Crippen LogP contribution in [-0.2, 0) is 11.2 Å². The average Bonchev–Trinajstić information content (AvgIpc) is 2.66. The molecule has 0 unspecified atom stereocenters. The minimum absolute atomic E-state index is 0. The van der Waals surface area contributed by atoms with Crippen LogP contribution in [0.3, 0.4) is 0 Å². The summed E-state index contributed by atoms with van der Waals surface area (Å²) in [6.45, 7) is 5.39. The zero-order valence-electron chi connectivity index (χ0n) is 17.3. The van der Waals surface area contributed by atoms with Crippen LogP contribution in [0.2, 0.25) is 0 Å². The number of halogens is 1. The third-order valence-electron chi connectivity index (χ3n) is 5.36. The number of nitrogens with zero attached hydrogens (tertiary/aromatic N) is 2. The first-order valence-corrected chi connectivity index (χ1v) is 9.34. The fraction of sp³-hybridized carbons (Fsp3) is 0.650. The van der Waals surface area contributed by atoms with Crippen LogP contribution in [0.4, 0.5) is 0 Å². The molecule has 2 rings (SSSR count). The number of likely N-dealkylation sites (N-methyl/N-ethyl adjacent to an activating group) is 1. The van der Waals surface area contributed by atoms with Gasteiger partial charge in [0.05, 0.1) is 7.11 Å². The van der Waals surface area contributed by atoms with Crippen LogP contribution in [0.1, 0.15) is 24.0 Å². The number of hydrogen-bond donors (Lipinski definition) is 2. The van der Waals surface area contributed by atoms with Crippen molar-refractivity contribution in [2.75, 3.05) is 54.6 Å². The van der Waals surface area contributed by atoms with E-state index in [1.54, 1.807) is 7.11 Å². The van der Waals surface area contributed by atoms with Crippen molar-refractivity contribution in [3.63, 3.8) is 0 Å². The van der Waals surface area contributed by atoms with Gasteiger partial charge in [-0.25, -0.2) is 0 Å². The van der Waals surface area contributed by atoms with E-state index in [-0.39, 0.29) is 29.5 Å². The maximum atomic E-state index is 5.54. The maximum absolute atomic E-state index is 5.54. The number of ether oxygens (including phenoxy) is 2. The molecule has 1 aromatic carbocycles. The monoisotopic (exact) mass is 490 g/mol. The van der Waals surface area contributed by atoms with Gasteiger partial charge in [-0.1, -0.05) is 12.1 Å². The molecule has 27 heavy (non-hydrogen) atoms. The normalized spacial score (nSPS) is 16.6. The fourth-order valence-electron chi connectivity index (χ4n) is 3.35. The molecule has 0 atom stereocenters. The molecule has 1 aliphatic heterocycles. The van der Waals surface area contributed by atoms with Crippen molar-refractivity contribution in [3.05, 3.63) is 29.3 Å². The zero-order valence-corrected chi connectivity index (χ0v) is 19.6. The van der Waals surface area contributed by atoms with E-state index >= 15 is 0 Å². The molecule has 154 valence electrons. The number of nitrogens with one attached hydrogen (secondary N) is 2. The molecular formula is C20H35IN4O2. The summed E-state index contributed by atoms with van der Waals surface area (Å²) in [6.07, 6.45) is 2.99. The molecule has 1 saturated heterocycles. The first-order chi connectivity index (χ1) is 12.5. The Morgan fingerprint density at radius 3 is 2.56 bits per heavy atom. The molecule has 1 aromatic rings. The topological polar surface area (TPSA) is 58.1 Å². The molecule has 0 spiro atoms. The molecule has 1 aliphatic rings. The minimum atomic E-state index is 0. The Kier molecular flexibility index (Phi) is 10.4.